The number of aromatic nitrogens is 2. The normalized spacial score (nSPS) is 21.2. The molecule has 0 radical (unpaired) electrons. The predicted octanol–water partition coefficient (Wildman–Crippen LogP) is 3.56. The summed E-state index contributed by atoms with van der Waals surface area (Å²) in [4.78, 5) is 15.9. The van der Waals surface area contributed by atoms with E-state index >= 15 is 0 Å². The van der Waals surface area contributed by atoms with Crippen LogP contribution in [0.25, 0.3) is 11.3 Å². The molecule has 2 aliphatic heterocycles. The van der Waals surface area contributed by atoms with E-state index in [1.807, 2.05) is 59.4 Å². The van der Waals surface area contributed by atoms with Crippen molar-refractivity contribution in [2.75, 3.05) is 13.1 Å². The molecular formula is C24H26N4O. The van der Waals surface area contributed by atoms with Gasteiger partial charge < -0.3 is 10.2 Å². The zero-order valence-electron chi connectivity index (χ0n) is 16.5. The van der Waals surface area contributed by atoms with Crippen molar-refractivity contribution in [3.63, 3.8) is 0 Å². The highest BCUT2D eigenvalue weighted by Crippen LogP contribution is 2.32. The molecule has 5 heteroatoms. The second-order valence-electron chi connectivity index (χ2n) is 8.03. The molecule has 0 aliphatic carbocycles. The molecule has 2 aromatic carbocycles. The number of rotatable bonds is 4. The van der Waals surface area contributed by atoms with E-state index in [0.29, 0.717) is 18.2 Å². The Morgan fingerprint density at radius 3 is 2.48 bits per heavy atom. The van der Waals surface area contributed by atoms with Crippen molar-refractivity contribution in [2.45, 2.75) is 37.9 Å². The Kier molecular flexibility index (Phi) is 4.90. The van der Waals surface area contributed by atoms with E-state index in [9.17, 15) is 4.79 Å². The van der Waals surface area contributed by atoms with Gasteiger partial charge in [0.25, 0.3) is 5.91 Å². The van der Waals surface area contributed by atoms with E-state index in [1.165, 1.54) is 5.56 Å². The van der Waals surface area contributed by atoms with Crippen LogP contribution in [0, 0.1) is 0 Å². The third-order valence-corrected chi connectivity index (χ3v) is 6.12. The van der Waals surface area contributed by atoms with Crippen LogP contribution in [0.2, 0.25) is 0 Å². The minimum absolute atomic E-state index is 0.124. The molecule has 2 unspecified atom stereocenters. The van der Waals surface area contributed by atoms with Gasteiger partial charge in [-0.2, -0.15) is 5.10 Å². The lowest BCUT2D eigenvalue weighted by Gasteiger charge is -2.27. The zero-order valence-corrected chi connectivity index (χ0v) is 16.5. The highest BCUT2D eigenvalue weighted by molar-refractivity contribution is 6.00. The van der Waals surface area contributed by atoms with Crippen molar-refractivity contribution in [1.29, 1.82) is 0 Å². The molecule has 2 fully saturated rings. The maximum Gasteiger partial charge on any atom is 0.258 e. The lowest BCUT2D eigenvalue weighted by atomic mass is 10.1. The van der Waals surface area contributed by atoms with Crippen LogP contribution in [0.15, 0.2) is 66.9 Å². The van der Waals surface area contributed by atoms with Crippen molar-refractivity contribution in [1.82, 2.24) is 20.0 Å². The third-order valence-electron chi connectivity index (χ3n) is 6.12. The van der Waals surface area contributed by atoms with Gasteiger partial charge in [-0.3, -0.25) is 9.48 Å². The molecule has 5 rings (SSSR count). The number of amides is 1. The monoisotopic (exact) mass is 386 g/mol. The average molecular weight is 386 g/mol. The van der Waals surface area contributed by atoms with Crippen molar-refractivity contribution in [3.8, 4) is 11.3 Å². The topological polar surface area (TPSA) is 50.2 Å². The van der Waals surface area contributed by atoms with Crippen LogP contribution in [-0.2, 0) is 6.54 Å². The van der Waals surface area contributed by atoms with E-state index in [0.717, 1.165) is 43.6 Å². The van der Waals surface area contributed by atoms with E-state index < -0.39 is 0 Å². The SMILES string of the molecule is O=C(c1cn(Cc2ccccc2)nc1-c1ccccc1)N1C2CCNCC1CC2. The summed E-state index contributed by atoms with van der Waals surface area (Å²) in [6.07, 6.45) is 5.16. The first-order valence-corrected chi connectivity index (χ1v) is 10.5. The van der Waals surface area contributed by atoms with Gasteiger partial charge in [-0.25, -0.2) is 0 Å². The Labute approximate surface area is 171 Å². The fourth-order valence-electron chi connectivity index (χ4n) is 4.69. The summed E-state index contributed by atoms with van der Waals surface area (Å²) in [6.45, 7) is 2.53. The molecule has 3 aromatic rings. The molecule has 1 amide bonds. The molecule has 2 atom stereocenters. The van der Waals surface area contributed by atoms with Crippen LogP contribution >= 0.6 is 0 Å². The van der Waals surface area contributed by atoms with Gasteiger partial charge in [0.15, 0.2) is 0 Å². The summed E-state index contributed by atoms with van der Waals surface area (Å²) >= 11 is 0. The van der Waals surface area contributed by atoms with Crippen LogP contribution in [0.1, 0.15) is 35.2 Å². The van der Waals surface area contributed by atoms with Gasteiger partial charge in [0, 0.05) is 30.4 Å². The molecule has 2 bridgehead atoms. The van der Waals surface area contributed by atoms with Crippen LogP contribution in [0.5, 0.6) is 0 Å². The smallest absolute Gasteiger partial charge is 0.258 e. The lowest BCUT2D eigenvalue weighted by molar-refractivity contribution is 0.0681. The number of nitrogens with zero attached hydrogens (tertiary/aromatic N) is 3. The summed E-state index contributed by atoms with van der Waals surface area (Å²) in [5, 5.41) is 8.32. The van der Waals surface area contributed by atoms with Gasteiger partial charge in [0.05, 0.1) is 12.1 Å². The Hall–Kier alpha value is -2.92. The largest absolute Gasteiger partial charge is 0.331 e. The summed E-state index contributed by atoms with van der Waals surface area (Å²) in [5.41, 5.74) is 3.66. The second kappa shape index (κ2) is 7.84. The van der Waals surface area contributed by atoms with Crippen molar-refractivity contribution in [2.24, 2.45) is 0 Å². The minimum atomic E-state index is 0.124. The Morgan fingerprint density at radius 1 is 0.966 bits per heavy atom. The average Bonchev–Trinajstić information content (AvgIpc) is 3.28. The lowest BCUT2D eigenvalue weighted by Crippen LogP contribution is -2.42. The van der Waals surface area contributed by atoms with Crippen molar-refractivity contribution >= 4 is 5.91 Å². The van der Waals surface area contributed by atoms with Gasteiger partial charge in [0.2, 0.25) is 0 Å². The Balaban J connectivity index is 1.53. The third kappa shape index (κ3) is 3.58. The van der Waals surface area contributed by atoms with Gasteiger partial charge in [-0.15, -0.1) is 0 Å². The number of fused-ring (bicyclic) bond motifs is 2. The van der Waals surface area contributed by atoms with E-state index in [1.54, 1.807) is 0 Å². The molecule has 5 nitrogen and oxygen atoms in total. The second-order valence-corrected chi connectivity index (χ2v) is 8.03. The minimum Gasteiger partial charge on any atom is -0.331 e. The van der Waals surface area contributed by atoms with E-state index in [-0.39, 0.29) is 11.9 Å². The van der Waals surface area contributed by atoms with Crippen LogP contribution < -0.4 is 5.32 Å². The number of hydrogen-bond acceptors (Lipinski definition) is 3. The molecule has 148 valence electrons. The molecule has 1 N–H and O–H groups in total. The number of carbonyl (C=O) groups excluding carboxylic acids is 1. The number of benzene rings is 2. The summed E-state index contributed by atoms with van der Waals surface area (Å²) in [5.74, 6) is 0.124. The summed E-state index contributed by atoms with van der Waals surface area (Å²) in [6, 6.07) is 20.9. The fraction of sp³-hybridized carbons (Fsp3) is 0.333. The zero-order chi connectivity index (χ0) is 19.6. The van der Waals surface area contributed by atoms with Gasteiger partial charge in [-0.05, 0) is 31.4 Å². The molecule has 0 spiro atoms. The molecule has 29 heavy (non-hydrogen) atoms. The molecule has 2 saturated heterocycles. The van der Waals surface area contributed by atoms with Gasteiger partial charge in [0.1, 0.15) is 5.69 Å². The van der Waals surface area contributed by atoms with Crippen LogP contribution in [0.3, 0.4) is 0 Å². The molecule has 0 saturated carbocycles. The van der Waals surface area contributed by atoms with Gasteiger partial charge in [-0.1, -0.05) is 60.7 Å². The quantitative estimate of drug-likeness (QED) is 0.746. The Bertz CT molecular complexity index is 969. The highest BCUT2D eigenvalue weighted by Gasteiger charge is 2.39. The first kappa shape index (κ1) is 18.1. The van der Waals surface area contributed by atoms with Crippen molar-refractivity contribution in [3.05, 3.63) is 78.0 Å². The van der Waals surface area contributed by atoms with E-state index in [4.69, 9.17) is 5.10 Å². The predicted molar refractivity (Wildman–Crippen MR) is 114 cm³/mol. The van der Waals surface area contributed by atoms with Crippen LogP contribution in [-0.4, -0.2) is 45.8 Å². The molecule has 2 aliphatic rings. The fourth-order valence-corrected chi connectivity index (χ4v) is 4.69. The van der Waals surface area contributed by atoms with Gasteiger partial charge >= 0.3 is 0 Å². The number of hydrogen-bond donors (Lipinski definition) is 1. The first-order chi connectivity index (χ1) is 14.3. The highest BCUT2D eigenvalue weighted by atomic mass is 16.2. The first-order valence-electron chi connectivity index (χ1n) is 10.5. The maximum atomic E-state index is 13.7. The van der Waals surface area contributed by atoms with Crippen molar-refractivity contribution < 1.29 is 4.79 Å². The molecule has 1 aromatic heterocycles. The standard InChI is InChI=1S/C24H26N4O/c29-24(28-20-11-12-21(28)15-25-14-13-20)22-17-27(16-18-7-3-1-4-8-18)26-23(22)19-9-5-2-6-10-19/h1-10,17,20-21,25H,11-16H2. The Morgan fingerprint density at radius 2 is 1.69 bits per heavy atom. The summed E-state index contributed by atoms with van der Waals surface area (Å²) in [7, 11) is 0. The van der Waals surface area contributed by atoms with Crippen LogP contribution in [0.4, 0.5) is 0 Å². The number of carbonyl (C=O) groups is 1. The maximum absolute atomic E-state index is 13.7. The molecular weight excluding hydrogens is 360 g/mol. The summed E-state index contributed by atoms with van der Waals surface area (Å²) < 4.78 is 1.91. The molecule has 3 heterocycles. The van der Waals surface area contributed by atoms with E-state index in [2.05, 4.69) is 22.3 Å². The number of nitrogens with one attached hydrogen (secondary N) is 1.